The second-order valence-electron chi connectivity index (χ2n) is 3.40. The van der Waals surface area contributed by atoms with E-state index in [9.17, 15) is 9.50 Å². The summed E-state index contributed by atoms with van der Waals surface area (Å²) >= 11 is 0. The summed E-state index contributed by atoms with van der Waals surface area (Å²) in [5.41, 5.74) is 6.76. The highest BCUT2D eigenvalue weighted by atomic mass is 19.1. The molecule has 0 saturated carbocycles. The number of halogens is 1. The fourth-order valence-electron chi connectivity index (χ4n) is 1.38. The first-order chi connectivity index (χ1) is 6.65. The highest BCUT2D eigenvalue weighted by Crippen LogP contribution is 2.27. The van der Waals surface area contributed by atoms with Crippen molar-refractivity contribution in [3.63, 3.8) is 0 Å². The lowest BCUT2D eigenvalue weighted by Gasteiger charge is -2.08. The Labute approximate surface area is 83.6 Å². The van der Waals surface area contributed by atoms with Crippen molar-refractivity contribution in [1.82, 2.24) is 0 Å². The Hall–Kier alpha value is -1.09. The molecule has 0 spiro atoms. The molecule has 0 saturated heterocycles. The van der Waals surface area contributed by atoms with Crippen LogP contribution in [0.2, 0.25) is 0 Å². The van der Waals surface area contributed by atoms with E-state index >= 15 is 0 Å². The Bertz CT molecular complexity index is 299. The Morgan fingerprint density at radius 3 is 2.79 bits per heavy atom. The maximum absolute atomic E-state index is 13.0. The first-order valence-electron chi connectivity index (χ1n) is 4.81. The summed E-state index contributed by atoms with van der Waals surface area (Å²) in [6.07, 6.45) is 0.578. The highest BCUT2D eigenvalue weighted by molar-refractivity contribution is 5.37. The largest absolute Gasteiger partial charge is 0.508 e. The number of nitrogens with two attached hydrogens (primary N) is 1. The van der Waals surface area contributed by atoms with Crippen LogP contribution >= 0.6 is 0 Å². The van der Waals surface area contributed by atoms with Crippen molar-refractivity contribution < 1.29 is 9.50 Å². The van der Waals surface area contributed by atoms with E-state index in [-0.39, 0.29) is 5.75 Å². The van der Waals surface area contributed by atoms with Gasteiger partial charge in [-0.1, -0.05) is 6.07 Å². The Morgan fingerprint density at radius 1 is 1.50 bits per heavy atom. The van der Waals surface area contributed by atoms with Gasteiger partial charge in [-0.15, -0.1) is 0 Å². The minimum absolute atomic E-state index is 0.0245. The molecule has 1 unspecified atom stereocenters. The molecule has 3 N–H and O–H groups in total. The lowest BCUT2D eigenvalue weighted by molar-refractivity contribution is 0.356. The molecule has 1 rings (SSSR count). The topological polar surface area (TPSA) is 46.2 Å². The number of benzene rings is 1. The monoisotopic (exact) mass is 197 g/mol. The van der Waals surface area contributed by atoms with E-state index in [0.29, 0.717) is 12.1 Å². The molecule has 0 amide bonds. The van der Waals surface area contributed by atoms with Gasteiger partial charge in [0.15, 0.2) is 0 Å². The van der Waals surface area contributed by atoms with E-state index in [0.717, 1.165) is 18.4 Å². The lowest BCUT2D eigenvalue weighted by Crippen LogP contribution is -2.00. The standard InChI is InChI=1S/C11H16FNO/c1-8(12)10-7-9(3-2-6-13)4-5-11(10)14/h4-5,7-8,14H,2-3,6,13H2,1H3. The van der Waals surface area contributed by atoms with Crippen LogP contribution in [-0.2, 0) is 6.42 Å². The number of aryl methyl sites for hydroxylation is 1. The lowest BCUT2D eigenvalue weighted by atomic mass is 10.0. The fourth-order valence-corrected chi connectivity index (χ4v) is 1.38. The van der Waals surface area contributed by atoms with Gasteiger partial charge in [0.2, 0.25) is 0 Å². The van der Waals surface area contributed by atoms with Gasteiger partial charge in [-0.25, -0.2) is 4.39 Å². The van der Waals surface area contributed by atoms with E-state index in [1.54, 1.807) is 12.1 Å². The van der Waals surface area contributed by atoms with E-state index in [1.165, 1.54) is 13.0 Å². The third-order valence-electron chi connectivity index (χ3n) is 2.19. The van der Waals surface area contributed by atoms with Crippen molar-refractivity contribution in [2.24, 2.45) is 5.73 Å². The van der Waals surface area contributed by atoms with Crippen molar-refractivity contribution >= 4 is 0 Å². The molecular weight excluding hydrogens is 181 g/mol. The van der Waals surface area contributed by atoms with Crippen molar-refractivity contribution in [1.29, 1.82) is 0 Å². The zero-order valence-electron chi connectivity index (χ0n) is 8.33. The normalized spacial score (nSPS) is 12.8. The molecule has 2 nitrogen and oxygen atoms in total. The minimum atomic E-state index is -1.13. The van der Waals surface area contributed by atoms with Gasteiger partial charge in [0, 0.05) is 5.56 Å². The molecule has 0 heterocycles. The van der Waals surface area contributed by atoms with Gasteiger partial charge in [0.25, 0.3) is 0 Å². The SMILES string of the molecule is CC(F)c1cc(CCCN)ccc1O. The molecule has 0 radical (unpaired) electrons. The zero-order valence-corrected chi connectivity index (χ0v) is 8.33. The average Bonchev–Trinajstić information content (AvgIpc) is 2.16. The van der Waals surface area contributed by atoms with Crippen LogP contribution in [0.4, 0.5) is 4.39 Å². The molecule has 0 aliphatic heterocycles. The molecule has 0 aliphatic rings. The van der Waals surface area contributed by atoms with E-state index in [2.05, 4.69) is 0 Å². The van der Waals surface area contributed by atoms with Gasteiger partial charge in [-0.3, -0.25) is 0 Å². The van der Waals surface area contributed by atoms with Crippen molar-refractivity contribution in [2.75, 3.05) is 6.54 Å². The number of phenols is 1. The fraction of sp³-hybridized carbons (Fsp3) is 0.455. The predicted octanol–water partition coefficient (Wildman–Crippen LogP) is 2.31. The first-order valence-corrected chi connectivity index (χ1v) is 4.81. The number of phenolic OH excluding ortho intramolecular Hbond substituents is 1. The van der Waals surface area contributed by atoms with Crippen LogP contribution in [0, 0.1) is 0 Å². The number of hydrogen-bond acceptors (Lipinski definition) is 2. The Kier molecular flexibility index (Phi) is 3.89. The summed E-state index contributed by atoms with van der Waals surface area (Å²) in [6, 6.07) is 5.05. The predicted molar refractivity (Wildman–Crippen MR) is 55.0 cm³/mol. The number of rotatable bonds is 4. The Balaban J connectivity index is 2.83. The van der Waals surface area contributed by atoms with E-state index < -0.39 is 6.17 Å². The maximum Gasteiger partial charge on any atom is 0.126 e. The van der Waals surface area contributed by atoms with Crippen molar-refractivity contribution in [2.45, 2.75) is 25.9 Å². The minimum Gasteiger partial charge on any atom is -0.508 e. The van der Waals surface area contributed by atoms with Gasteiger partial charge < -0.3 is 10.8 Å². The second kappa shape index (κ2) is 4.96. The van der Waals surface area contributed by atoms with Gasteiger partial charge in [-0.05, 0) is 44.0 Å². The number of hydrogen-bond donors (Lipinski definition) is 2. The first kappa shape index (κ1) is 11.0. The number of alkyl halides is 1. The van der Waals surface area contributed by atoms with Gasteiger partial charge in [0.05, 0.1) is 0 Å². The molecule has 1 atom stereocenters. The molecule has 3 heteroatoms. The van der Waals surface area contributed by atoms with Gasteiger partial charge in [0.1, 0.15) is 11.9 Å². The van der Waals surface area contributed by atoms with Crippen LogP contribution in [0.3, 0.4) is 0 Å². The molecular formula is C11H16FNO. The van der Waals surface area contributed by atoms with E-state index in [4.69, 9.17) is 5.73 Å². The maximum atomic E-state index is 13.0. The molecule has 1 aromatic carbocycles. The summed E-state index contributed by atoms with van der Waals surface area (Å²) in [7, 11) is 0. The third kappa shape index (κ3) is 2.70. The van der Waals surface area contributed by atoms with E-state index in [1.807, 2.05) is 0 Å². The summed E-state index contributed by atoms with van der Waals surface area (Å²) < 4.78 is 13.0. The average molecular weight is 197 g/mol. The summed E-state index contributed by atoms with van der Waals surface area (Å²) in [5.74, 6) is 0.0245. The highest BCUT2D eigenvalue weighted by Gasteiger charge is 2.09. The Morgan fingerprint density at radius 2 is 2.21 bits per heavy atom. The molecule has 14 heavy (non-hydrogen) atoms. The van der Waals surface area contributed by atoms with Crippen LogP contribution < -0.4 is 5.73 Å². The summed E-state index contributed by atoms with van der Waals surface area (Å²) in [5, 5.41) is 9.37. The molecule has 0 aliphatic carbocycles. The van der Waals surface area contributed by atoms with Crippen LogP contribution in [0.1, 0.15) is 30.6 Å². The quantitative estimate of drug-likeness (QED) is 0.778. The van der Waals surface area contributed by atoms with Crippen LogP contribution in [0.15, 0.2) is 18.2 Å². The zero-order chi connectivity index (χ0) is 10.6. The molecule has 0 bridgehead atoms. The van der Waals surface area contributed by atoms with Crippen LogP contribution in [0.5, 0.6) is 5.75 Å². The molecule has 78 valence electrons. The van der Waals surface area contributed by atoms with Gasteiger partial charge >= 0.3 is 0 Å². The van der Waals surface area contributed by atoms with Crippen LogP contribution in [0.25, 0.3) is 0 Å². The van der Waals surface area contributed by atoms with Crippen LogP contribution in [-0.4, -0.2) is 11.7 Å². The number of aromatic hydroxyl groups is 1. The molecule has 0 fully saturated rings. The van der Waals surface area contributed by atoms with Crippen molar-refractivity contribution in [3.05, 3.63) is 29.3 Å². The summed E-state index contributed by atoms with van der Waals surface area (Å²) in [6.45, 7) is 2.04. The third-order valence-corrected chi connectivity index (χ3v) is 2.19. The summed E-state index contributed by atoms with van der Waals surface area (Å²) in [4.78, 5) is 0. The smallest absolute Gasteiger partial charge is 0.126 e. The second-order valence-corrected chi connectivity index (χ2v) is 3.40. The molecule has 1 aromatic rings. The molecule has 0 aromatic heterocycles. The van der Waals surface area contributed by atoms with Crippen molar-refractivity contribution in [3.8, 4) is 5.75 Å². The van der Waals surface area contributed by atoms with Gasteiger partial charge in [-0.2, -0.15) is 0 Å².